The van der Waals surface area contributed by atoms with E-state index in [1.54, 1.807) is 6.92 Å². The SMILES string of the molecule is CC(=O)CC(I)=C(C)C. The topological polar surface area (TPSA) is 17.1 Å². The average molecular weight is 238 g/mol. The zero-order valence-electron chi connectivity index (χ0n) is 5.99. The molecule has 9 heavy (non-hydrogen) atoms. The Morgan fingerprint density at radius 2 is 1.78 bits per heavy atom. The summed E-state index contributed by atoms with van der Waals surface area (Å²) >= 11 is 2.21. The number of halogens is 1. The molecular weight excluding hydrogens is 227 g/mol. The summed E-state index contributed by atoms with van der Waals surface area (Å²) in [5.41, 5.74) is 1.24. The van der Waals surface area contributed by atoms with Crippen LogP contribution in [-0.2, 0) is 4.79 Å². The Balaban J connectivity index is 3.92. The fraction of sp³-hybridized carbons (Fsp3) is 0.571. The molecule has 0 aromatic carbocycles. The van der Waals surface area contributed by atoms with Gasteiger partial charge >= 0.3 is 0 Å². The monoisotopic (exact) mass is 238 g/mol. The lowest BCUT2D eigenvalue weighted by atomic mass is 10.2. The molecule has 52 valence electrons. The Hall–Kier alpha value is 0.140. The Morgan fingerprint density at radius 3 is 1.89 bits per heavy atom. The van der Waals surface area contributed by atoms with Crippen LogP contribution in [0.2, 0.25) is 0 Å². The van der Waals surface area contributed by atoms with Gasteiger partial charge in [0.1, 0.15) is 5.78 Å². The molecule has 0 aromatic rings. The van der Waals surface area contributed by atoms with Crippen LogP contribution in [0.25, 0.3) is 0 Å². The van der Waals surface area contributed by atoms with E-state index in [0.29, 0.717) is 6.42 Å². The van der Waals surface area contributed by atoms with Crippen LogP contribution in [0.15, 0.2) is 9.15 Å². The van der Waals surface area contributed by atoms with Gasteiger partial charge in [-0.15, -0.1) is 0 Å². The highest BCUT2D eigenvalue weighted by Gasteiger charge is 1.97. The summed E-state index contributed by atoms with van der Waals surface area (Å²) in [6, 6.07) is 0. The van der Waals surface area contributed by atoms with E-state index in [4.69, 9.17) is 0 Å². The van der Waals surface area contributed by atoms with Gasteiger partial charge in [0.2, 0.25) is 0 Å². The molecule has 0 rings (SSSR count). The molecule has 0 atom stereocenters. The molecule has 0 bridgehead atoms. The molecule has 0 aliphatic carbocycles. The minimum Gasteiger partial charge on any atom is -0.300 e. The molecule has 0 amide bonds. The number of Topliss-reactive ketones (excluding diaryl/α,β-unsaturated/α-hetero) is 1. The number of carbonyl (C=O) groups excluding carboxylic acids is 1. The van der Waals surface area contributed by atoms with Gasteiger partial charge in [-0.05, 0) is 46.9 Å². The molecule has 1 nitrogen and oxygen atoms in total. The summed E-state index contributed by atoms with van der Waals surface area (Å²) in [7, 11) is 0. The van der Waals surface area contributed by atoms with E-state index in [1.165, 1.54) is 9.15 Å². The molecule has 0 heterocycles. The lowest BCUT2D eigenvalue weighted by Crippen LogP contribution is -1.89. The molecule has 0 spiro atoms. The molecule has 0 saturated carbocycles. The van der Waals surface area contributed by atoms with Gasteiger partial charge in [-0.25, -0.2) is 0 Å². The minimum atomic E-state index is 0.237. The molecule has 0 fully saturated rings. The van der Waals surface area contributed by atoms with Crippen LogP contribution in [0.1, 0.15) is 27.2 Å². The highest BCUT2D eigenvalue weighted by Crippen LogP contribution is 2.15. The van der Waals surface area contributed by atoms with Gasteiger partial charge in [-0.3, -0.25) is 4.79 Å². The first-order chi connectivity index (χ1) is 4.04. The Labute approximate surface area is 69.7 Å². The molecule has 0 aliphatic heterocycles. The van der Waals surface area contributed by atoms with E-state index < -0.39 is 0 Å². The first-order valence-electron chi connectivity index (χ1n) is 2.85. The summed E-state index contributed by atoms with van der Waals surface area (Å²) in [6.07, 6.45) is 0.600. The van der Waals surface area contributed by atoms with Crippen molar-refractivity contribution in [2.75, 3.05) is 0 Å². The average Bonchev–Trinajstić information content (AvgIpc) is 1.63. The molecule has 0 saturated heterocycles. The summed E-state index contributed by atoms with van der Waals surface area (Å²) in [6.45, 7) is 5.65. The third kappa shape index (κ3) is 4.63. The maximum absolute atomic E-state index is 10.5. The Morgan fingerprint density at radius 1 is 1.33 bits per heavy atom. The zero-order valence-corrected chi connectivity index (χ0v) is 8.15. The van der Waals surface area contributed by atoms with Crippen LogP contribution in [0.5, 0.6) is 0 Å². The van der Waals surface area contributed by atoms with Crippen molar-refractivity contribution in [2.24, 2.45) is 0 Å². The van der Waals surface area contributed by atoms with Crippen molar-refractivity contribution in [1.29, 1.82) is 0 Å². The summed E-state index contributed by atoms with van der Waals surface area (Å²) in [5.74, 6) is 0.237. The first kappa shape index (κ1) is 9.14. The Bertz CT molecular complexity index is 143. The molecule has 0 radical (unpaired) electrons. The van der Waals surface area contributed by atoms with Gasteiger partial charge in [-0.2, -0.15) is 0 Å². The van der Waals surface area contributed by atoms with E-state index >= 15 is 0 Å². The van der Waals surface area contributed by atoms with Crippen LogP contribution in [-0.4, -0.2) is 5.78 Å². The predicted molar refractivity (Wildman–Crippen MR) is 47.7 cm³/mol. The van der Waals surface area contributed by atoms with Gasteiger partial charge in [0, 0.05) is 6.42 Å². The van der Waals surface area contributed by atoms with Crippen LogP contribution < -0.4 is 0 Å². The van der Waals surface area contributed by atoms with Crippen molar-refractivity contribution < 1.29 is 4.79 Å². The van der Waals surface area contributed by atoms with E-state index in [9.17, 15) is 4.79 Å². The largest absolute Gasteiger partial charge is 0.300 e. The summed E-state index contributed by atoms with van der Waals surface area (Å²) < 4.78 is 1.17. The van der Waals surface area contributed by atoms with Crippen LogP contribution in [0, 0.1) is 0 Å². The molecule has 0 unspecified atom stereocenters. The molecule has 0 aromatic heterocycles. The third-order valence-electron chi connectivity index (χ3n) is 0.947. The maximum atomic E-state index is 10.5. The second-order valence-electron chi connectivity index (χ2n) is 2.28. The number of ketones is 1. The van der Waals surface area contributed by atoms with Gasteiger partial charge in [0.25, 0.3) is 0 Å². The minimum absolute atomic E-state index is 0.237. The molecule has 0 N–H and O–H groups in total. The van der Waals surface area contributed by atoms with Crippen LogP contribution in [0.4, 0.5) is 0 Å². The van der Waals surface area contributed by atoms with Crippen molar-refractivity contribution in [3.05, 3.63) is 9.15 Å². The molecular formula is C7H11IO. The smallest absolute Gasteiger partial charge is 0.134 e. The van der Waals surface area contributed by atoms with Gasteiger partial charge < -0.3 is 0 Å². The normalized spacial score (nSPS) is 8.89. The van der Waals surface area contributed by atoms with E-state index in [0.717, 1.165) is 0 Å². The number of carbonyl (C=O) groups is 1. The lowest BCUT2D eigenvalue weighted by molar-refractivity contribution is -0.116. The number of rotatable bonds is 2. The van der Waals surface area contributed by atoms with E-state index in [1.807, 2.05) is 13.8 Å². The maximum Gasteiger partial charge on any atom is 0.134 e. The Kier molecular flexibility index (Phi) is 4.10. The van der Waals surface area contributed by atoms with Gasteiger partial charge in [-0.1, -0.05) is 5.57 Å². The van der Waals surface area contributed by atoms with Crippen LogP contribution >= 0.6 is 22.6 Å². The van der Waals surface area contributed by atoms with Crippen molar-refractivity contribution in [3.63, 3.8) is 0 Å². The van der Waals surface area contributed by atoms with Crippen molar-refractivity contribution in [2.45, 2.75) is 27.2 Å². The van der Waals surface area contributed by atoms with Crippen molar-refractivity contribution in [1.82, 2.24) is 0 Å². The molecule has 0 aliphatic rings. The quantitative estimate of drug-likeness (QED) is 0.676. The van der Waals surface area contributed by atoms with Gasteiger partial charge in [0.15, 0.2) is 0 Å². The first-order valence-corrected chi connectivity index (χ1v) is 3.93. The zero-order chi connectivity index (χ0) is 7.44. The standard InChI is InChI=1S/C7H11IO/c1-5(2)7(8)4-6(3)9/h4H2,1-3H3. The number of hydrogen-bond acceptors (Lipinski definition) is 1. The van der Waals surface area contributed by atoms with Crippen molar-refractivity contribution in [3.8, 4) is 0 Å². The molecule has 2 heteroatoms. The van der Waals surface area contributed by atoms with E-state index in [-0.39, 0.29) is 5.78 Å². The fourth-order valence-corrected chi connectivity index (χ4v) is 0.932. The highest BCUT2D eigenvalue weighted by atomic mass is 127. The second kappa shape index (κ2) is 4.04. The van der Waals surface area contributed by atoms with Gasteiger partial charge in [0.05, 0.1) is 0 Å². The summed E-state index contributed by atoms with van der Waals surface area (Å²) in [4.78, 5) is 10.5. The summed E-state index contributed by atoms with van der Waals surface area (Å²) in [5, 5.41) is 0. The van der Waals surface area contributed by atoms with E-state index in [2.05, 4.69) is 22.6 Å². The van der Waals surface area contributed by atoms with Crippen LogP contribution in [0.3, 0.4) is 0 Å². The second-order valence-corrected chi connectivity index (χ2v) is 3.59. The fourth-order valence-electron chi connectivity index (χ4n) is 0.395. The lowest BCUT2D eigenvalue weighted by Gasteiger charge is -1.95. The predicted octanol–water partition coefficient (Wildman–Crippen LogP) is 2.69. The number of hydrogen-bond donors (Lipinski definition) is 0. The third-order valence-corrected chi connectivity index (χ3v) is 2.41. The highest BCUT2D eigenvalue weighted by molar-refractivity contribution is 14.1. The van der Waals surface area contributed by atoms with Crippen molar-refractivity contribution >= 4 is 28.4 Å². The number of allylic oxidation sites excluding steroid dienone is 2.